The van der Waals surface area contributed by atoms with Crippen molar-refractivity contribution in [1.29, 1.82) is 0 Å². The first-order valence-electron chi connectivity index (χ1n) is 8.35. The minimum absolute atomic E-state index is 0.952. The molecule has 0 unspecified atom stereocenters. The second kappa shape index (κ2) is 9.73. The molecule has 0 saturated carbocycles. The molecular formula is C21H30N2. The highest BCUT2D eigenvalue weighted by Gasteiger charge is 2.07. The molecule has 0 amide bonds. The summed E-state index contributed by atoms with van der Waals surface area (Å²) in [5, 5.41) is 6.84. The van der Waals surface area contributed by atoms with Gasteiger partial charge in [-0.3, -0.25) is 0 Å². The van der Waals surface area contributed by atoms with Gasteiger partial charge in [0.05, 0.1) is 0 Å². The average Bonchev–Trinajstić information content (AvgIpc) is 2.55. The van der Waals surface area contributed by atoms with E-state index < -0.39 is 0 Å². The van der Waals surface area contributed by atoms with Gasteiger partial charge in [-0.15, -0.1) is 0 Å². The van der Waals surface area contributed by atoms with Gasteiger partial charge in [0.15, 0.2) is 0 Å². The van der Waals surface area contributed by atoms with Crippen LogP contribution in [0.15, 0.2) is 60.9 Å². The molecule has 0 heterocycles. The Kier molecular flexibility index (Phi) is 7.96. The first kappa shape index (κ1) is 18.8. The quantitative estimate of drug-likeness (QED) is 0.574. The molecule has 0 bridgehead atoms. The van der Waals surface area contributed by atoms with E-state index in [1.807, 2.05) is 32.1 Å². The lowest BCUT2D eigenvalue weighted by atomic mass is 10.0. The highest BCUT2D eigenvalue weighted by Crippen LogP contribution is 2.23. The molecule has 0 fully saturated rings. The Labute approximate surface area is 141 Å². The van der Waals surface area contributed by atoms with Gasteiger partial charge >= 0.3 is 0 Å². The number of benzene rings is 1. The van der Waals surface area contributed by atoms with Crippen molar-refractivity contribution in [2.45, 2.75) is 40.5 Å². The summed E-state index contributed by atoms with van der Waals surface area (Å²) in [6.07, 6.45) is 8.14. The summed E-state index contributed by atoms with van der Waals surface area (Å²) in [6, 6.07) is 6.43. The minimum Gasteiger partial charge on any atom is -0.385 e. The standard InChI is InChI=1S/C21H30N2/c1-7-10-11-21(16(4)5)23-19-12-13-20(18(9-3)15-19)17(6)22-14-8-2/h7,10-13,15,22-23H,4,6,8-9,14H2,1-3,5H3/b10-7-,21-11+. The molecule has 0 atom stereocenters. The highest BCUT2D eigenvalue weighted by molar-refractivity contribution is 5.68. The molecule has 0 aromatic heterocycles. The van der Waals surface area contributed by atoms with Crippen LogP contribution in [-0.4, -0.2) is 6.54 Å². The van der Waals surface area contributed by atoms with Gasteiger partial charge in [0.1, 0.15) is 0 Å². The van der Waals surface area contributed by atoms with E-state index in [4.69, 9.17) is 0 Å². The summed E-state index contributed by atoms with van der Waals surface area (Å²) in [6.45, 7) is 17.5. The van der Waals surface area contributed by atoms with E-state index in [0.29, 0.717) is 0 Å². The van der Waals surface area contributed by atoms with Crippen molar-refractivity contribution < 1.29 is 0 Å². The second-order valence-electron chi connectivity index (χ2n) is 5.64. The Hall–Kier alpha value is -2.22. The van der Waals surface area contributed by atoms with Gasteiger partial charge in [-0.2, -0.15) is 0 Å². The molecule has 1 aromatic carbocycles. The van der Waals surface area contributed by atoms with E-state index in [1.54, 1.807) is 0 Å². The number of anilines is 1. The van der Waals surface area contributed by atoms with Crippen molar-refractivity contribution in [3.8, 4) is 0 Å². The molecule has 0 saturated heterocycles. The zero-order valence-corrected chi connectivity index (χ0v) is 15.0. The van der Waals surface area contributed by atoms with Crippen molar-refractivity contribution >= 4 is 11.4 Å². The van der Waals surface area contributed by atoms with Gasteiger partial charge in [0.25, 0.3) is 0 Å². The normalized spacial score (nSPS) is 11.6. The topological polar surface area (TPSA) is 24.1 Å². The number of hydrogen-bond donors (Lipinski definition) is 2. The molecule has 0 aliphatic rings. The Morgan fingerprint density at radius 3 is 2.52 bits per heavy atom. The molecule has 0 aliphatic heterocycles. The maximum absolute atomic E-state index is 4.16. The first-order chi connectivity index (χ1) is 11.0. The van der Waals surface area contributed by atoms with Crippen molar-refractivity contribution in [2.24, 2.45) is 0 Å². The second-order valence-corrected chi connectivity index (χ2v) is 5.64. The maximum Gasteiger partial charge on any atom is 0.0407 e. The molecule has 2 N–H and O–H groups in total. The fourth-order valence-corrected chi connectivity index (χ4v) is 2.27. The number of hydrogen-bond acceptors (Lipinski definition) is 2. The Morgan fingerprint density at radius 1 is 1.22 bits per heavy atom. The first-order valence-corrected chi connectivity index (χ1v) is 8.35. The van der Waals surface area contributed by atoms with E-state index in [2.05, 4.69) is 55.8 Å². The summed E-state index contributed by atoms with van der Waals surface area (Å²) in [7, 11) is 0. The van der Waals surface area contributed by atoms with Crippen LogP contribution in [0, 0.1) is 0 Å². The summed E-state index contributed by atoms with van der Waals surface area (Å²) >= 11 is 0. The smallest absolute Gasteiger partial charge is 0.0407 e. The third kappa shape index (κ3) is 5.82. The van der Waals surface area contributed by atoms with Crippen molar-refractivity contribution in [2.75, 3.05) is 11.9 Å². The highest BCUT2D eigenvalue weighted by atomic mass is 14.9. The fraction of sp³-hybridized carbons (Fsp3) is 0.333. The van der Waals surface area contributed by atoms with E-state index >= 15 is 0 Å². The Morgan fingerprint density at radius 2 is 1.96 bits per heavy atom. The summed E-state index contributed by atoms with van der Waals surface area (Å²) in [5.41, 5.74) is 6.60. The van der Waals surface area contributed by atoms with Gasteiger partial charge in [-0.1, -0.05) is 45.2 Å². The van der Waals surface area contributed by atoms with E-state index in [0.717, 1.165) is 42.0 Å². The third-order valence-corrected chi connectivity index (χ3v) is 3.59. The summed E-state index contributed by atoms with van der Waals surface area (Å²) in [4.78, 5) is 0. The number of aryl methyl sites for hydroxylation is 1. The van der Waals surface area contributed by atoms with Crippen LogP contribution in [-0.2, 0) is 6.42 Å². The molecule has 23 heavy (non-hydrogen) atoms. The molecular weight excluding hydrogens is 280 g/mol. The number of rotatable bonds is 9. The van der Waals surface area contributed by atoms with Crippen LogP contribution in [0.2, 0.25) is 0 Å². The molecule has 124 valence electrons. The largest absolute Gasteiger partial charge is 0.385 e. The average molecular weight is 310 g/mol. The molecule has 1 rings (SSSR count). The number of allylic oxidation sites excluding steroid dienone is 4. The summed E-state index contributed by atoms with van der Waals surface area (Å²) < 4.78 is 0. The van der Waals surface area contributed by atoms with Crippen LogP contribution in [0.25, 0.3) is 5.70 Å². The lowest BCUT2D eigenvalue weighted by Crippen LogP contribution is -2.13. The van der Waals surface area contributed by atoms with Gasteiger partial charge in [0.2, 0.25) is 0 Å². The zero-order chi connectivity index (χ0) is 17.2. The van der Waals surface area contributed by atoms with Crippen LogP contribution >= 0.6 is 0 Å². The van der Waals surface area contributed by atoms with Gasteiger partial charge in [-0.25, -0.2) is 0 Å². The van der Waals surface area contributed by atoms with Gasteiger partial charge in [-0.05, 0) is 56.0 Å². The van der Waals surface area contributed by atoms with Gasteiger partial charge < -0.3 is 10.6 Å². The molecule has 2 heteroatoms. The SMILES string of the molecule is C=C(C)/C(=C\C=C/C)Nc1ccc(C(=C)NCCC)c(CC)c1. The predicted molar refractivity (Wildman–Crippen MR) is 104 cm³/mol. The monoisotopic (exact) mass is 310 g/mol. The molecule has 0 aliphatic carbocycles. The molecule has 0 spiro atoms. The Balaban J connectivity index is 3.02. The van der Waals surface area contributed by atoms with E-state index in [-0.39, 0.29) is 0 Å². The van der Waals surface area contributed by atoms with Gasteiger partial charge in [0, 0.05) is 29.2 Å². The van der Waals surface area contributed by atoms with Crippen molar-refractivity contribution in [3.05, 3.63) is 72.0 Å². The van der Waals surface area contributed by atoms with E-state index in [1.165, 1.54) is 11.1 Å². The Bertz CT molecular complexity index is 606. The predicted octanol–water partition coefficient (Wildman–Crippen LogP) is 5.67. The maximum atomic E-state index is 4.16. The fourth-order valence-electron chi connectivity index (χ4n) is 2.27. The number of nitrogens with one attached hydrogen (secondary N) is 2. The zero-order valence-electron chi connectivity index (χ0n) is 15.0. The third-order valence-electron chi connectivity index (χ3n) is 3.59. The van der Waals surface area contributed by atoms with Crippen LogP contribution in [0.3, 0.4) is 0 Å². The molecule has 1 aromatic rings. The van der Waals surface area contributed by atoms with Crippen LogP contribution < -0.4 is 10.6 Å². The summed E-state index contributed by atoms with van der Waals surface area (Å²) in [5.74, 6) is 0. The molecule has 0 radical (unpaired) electrons. The van der Waals surface area contributed by atoms with Crippen LogP contribution in [0.5, 0.6) is 0 Å². The lowest BCUT2D eigenvalue weighted by Gasteiger charge is -2.16. The van der Waals surface area contributed by atoms with Crippen LogP contribution in [0.4, 0.5) is 5.69 Å². The van der Waals surface area contributed by atoms with Crippen LogP contribution in [0.1, 0.15) is 45.2 Å². The minimum atomic E-state index is 0.952. The van der Waals surface area contributed by atoms with Crippen molar-refractivity contribution in [1.82, 2.24) is 5.32 Å². The van der Waals surface area contributed by atoms with E-state index in [9.17, 15) is 0 Å². The lowest BCUT2D eigenvalue weighted by molar-refractivity contribution is 0.823. The van der Waals surface area contributed by atoms with Crippen molar-refractivity contribution in [3.63, 3.8) is 0 Å². The molecule has 2 nitrogen and oxygen atoms in total.